The van der Waals surface area contributed by atoms with Gasteiger partial charge in [0.25, 0.3) is 5.91 Å². The molecule has 138 valence electrons. The summed E-state index contributed by atoms with van der Waals surface area (Å²) in [5.74, 6) is 1.07. The number of para-hydroxylation sites is 2. The SMILES string of the molecule is CCOc1ccccc1NC(=O)C(C)Oc1ccc(-c2ccccc2)cc1. The average molecular weight is 361 g/mol. The molecule has 1 unspecified atom stereocenters. The van der Waals surface area contributed by atoms with Crippen molar-refractivity contribution in [3.8, 4) is 22.6 Å². The quantitative estimate of drug-likeness (QED) is 0.632. The van der Waals surface area contributed by atoms with Crippen LogP contribution in [0.4, 0.5) is 5.69 Å². The van der Waals surface area contributed by atoms with Crippen LogP contribution in [0.5, 0.6) is 11.5 Å². The number of carbonyl (C=O) groups is 1. The number of nitrogens with one attached hydrogen (secondary N) is 1. The van der Waals surface area contributed by atoms with Crippen molar-refractivity contribution in [2.45, 2.75) is 20.0 Å². The molecule has 4 nitrogen and oxygen atoms in total. The van der Waals surface area contributed by atoms with Crippen LogP contribution in [-0.4, -0.2) is 18.6 Å². The number of amides is 1. The number of anilines is 1. The first kappa shape index (κ1) is 18.5. The number of hydrogen-bond acceptors (Lipinski definition) is 3. The van der Waals surface area contributed by atoms with E-state index in [-0.39, 0.29) is 5.91 Å². The molecule has 1 amide bonds. The molecule has 0 aliphatic heterocycles. The summed E-state index contributed by atoms with van der Waals surface area (Å²) in [4.78, 5) is 12.5. The Kier molecular flexibility index (Phi) is 6.10. The Labute approximate surface area is 159 Å². The highest BCUT2D eigenvalue weighted by molar-refractivity contribution is 5.95. The van der Waals surface area contributed by atoms with Crippen LogP contribution in [0, 0.1) is 0 Å². The fourth-order valence-electron chi connectivity index (χ4n) is 2.70. The maximum atomic E-state index is 12.5. The van der Waals surface area contributed by atoms with E-state index in [1.54, 1.807) is 6.92 Å². The summed E-state index contributed by atoms with van der Waals surface area (Å²) in [6, 6.07) is 25.2. The van der Waals surface area contributed by atoms with E-state index in [1.807, 2.05) is 73.7 Å². The standard InChI is InChI=1S/C23H23NO3/c1-3-26-22-12-8-7-11-21(22)24-23(25)17(2)27-20-15-13-19(14-16-20)18-9-5-4-6-10-18/h4-17H,3H2,1-2H3,(H,24,25). The van der Waals surface area contributed by atoms with Gasteiger partial charge in [0.2, 0.25) is 0 Å². The van der Waals surface area contributed by atoms with E-state index in [0.29, 0.717) is 23.8 Å². The highest BCUT2D eigenvalue weighted by Gasteiger charge is 2.16. The van der Waals surface area contributed by atoms with E-state index in [2.05, 4.69) is 17.4 Å². The van der Waals surface area contributed by atoms with Crippen LogP contribution in [0.1, 0.15) is 13.8 Å². The summed E-state index contributed by atoms with van der Waals surface area (Å²) in [5.41, 5.74) is 2.88. The van der Waals surface area contributed by atoms with Crippen LogP contribution in [0.2, 0.25) is 0 Å². The van der Waals surface area contributed by atoms with Gasteiger partial charge in [0, 0.05) is 0 Å². The molecule has 0 radical (unpaired) electrons. The lowest BCUT2D eigenvalue weighted by Gasteiger charge is -2.16. The minimum absolute atomic E-state index is 0.228. The van der Waals surface area contributed by atoms with Crippen molar-refractivity contribution in [2.24, 2.45) is 0 Å². The Morgan fingerprint density at radius 2 is 1.52 bits per heavy atom. The normalized spacial score (nSPS) is 11.5. The minimum atomic E-state index is -0.637. The van der Waals surface area contributed by atoms with Crippen LogP contribution in [-0.2, 0) is 4.79 Å². The third kappa shape index (κ3) is 4.88. The molecule has 1 N–H and O–H groups in total. The van der Waals surface area contributed by atoms with Crippen molar-refractivity contribution in [2.75, 3.05) is 11.9 Å². The van der Waals surface area contributed by atoms with Gasteiger partial charge in [0.05, 0.1) is 12.3 Å². The van der Waals surface area contributed by atoms with Crippen LogP contribution in [0.15, 0.2) is 78.9 Å². The monoisotopic (exact) mass is 361 g/mol. The first-order valence-electron chi connectivity index (χ1n) is 9.02. The summed E-state index contributed by atoms with van der Waals surface area (Å²) in [5, 5.41) is 2.86. The number of carbonyl (C=O) groups excluding carboxylic acids is 1. The van der Waals surface area contributed by atoms with Crippen molar-refractivity contribution in [3.63, 3.8) is 0 Å². The second-order valence-corrected chi connectivity index (χ2v) is 6.07. The summed E-state index contributed by atoms with van der Waals surface area (Å²) >= 11 is 0. The molecular weight excluding hydrogens is 338 g/mol. The minimum Gasteiger partial charge on any atom is -0.492 e. The molecule has 0 saturated carbocycles. The first-order valence-corrected chi connectivity index (χ1v) is 9.02. The van der Waals surface area contributed by atoms with Crippen molar-refractivity contribution in [1.29, 1.82) is 0 Å². The molecule has 0 heterocycles. The van der Waals surface area contributed by atoms with E-state index >= 15 is 0 Å². The second-order valence-electron chi connectivity index (χ2n) is 6.07. The van der Waals surface area contributed by atoms with Gasteiger partial charge in [0.1, 0.15) is 11.5 Å². The van der Waals surface area contributed by atoms with Gasteiger partial charge >= 0.3 is 0 Å². The van der Waals surface area contributed by atoms with Crippen molar-refractivity contribution in [1.82, 2.24) is 0 Å². The molecule has 0 aromatic heterocycles. The molecule has 0 aliphatic carbocycles. The number of benzene rings is 3. The van der Waals surface area contributed by atoms with Crippen LogP contribution < -0.4 is 14.8 Å². The van der Waals surface area contributed by atoms with Gasteiger partial charge in [-0.1, -0.05) is 54.6 Å². The zero-order valence-electron chi connectivity index (χ0n) is 15.5. The molecule has 0 spiro atoms. The van der Waals surface area contributed by atoms with E-state index < -0.39 is 6.10 Å². The zero-order chi connectivity index (χ0) is 19.1. The molecular formula is C23H23NO3. The van der Waals surface area contributed by atoms with Crippen LogP contribution >= 0.6 is 0 Å². The predicted octanol–water partition coefficient (Wildman–Crippen LogP) is 5.16. The Morgan fingerprint density at radius 3 is 2.22 bits per heavy atom. The maximum absolute atomic E-state index is 12.5. The Balaban J connectivity index is 1.63. The van der Waals surface area contributed by atoms with E-state index in [0.717, 1.165) is 11.1 Å². The smallest absolute Gasteiger partial charge is 0.265 e. The van der Waals surface area contributed by atoms with Crippen molar-refractivity contribution >= 4 is 11.6 Å². The summed E-state index contributed by atoms with van der Waals surface area (Å²) in [6.45, 7) is 4.17. The molecule has 3 aromatic rings. The molecule has 1 atom stereocenters. The van der Waals surface area contributed by atoms with Gasteiger partial charge in [-0.25, -0.2) is 0 Å². The van der Waals surface area contributed by atoms with Gasteiger partial charge in [-0.2, -0.15) is 0 Å². The van der Waals surface area contributed by atoms with Crippen molar-refractivity contribution < 1.29 is 14.3 Å². The summed E-state index contributed by atoms with van der Waals surface area (Å²) in [6.07, 6.45) is -0.637. The van der Waals surface area contributed by atoms with Gasteiger partial charge in [0.15, 0.2) is 6.10 Å². The summed E-state index contributed by atoms with van der Waals surface area (Å²) < 4.78 is 11.3. The average Bonchev–Trinajstić information content (AvgIpc) is 2.71. The highest BCUT2D eigenvalue weighted by atomic mass is 16.5. The summed E-state index contributed by atoms with van der Waals surface area (Å²) in [7, 11) is 0. The number of hydrogen-bond donors (Lipinski definition) is 1. The lowest BCUT2D eigenvalue weighted by molar-refractivity contribution is -0.122. The Bertz CT molecular complexity index is 876. The lowest BCUT2D eigenvalue weighted by atomic mass is 10.1. The van der Waals surface area contributed by atoms with E-state index in [1.165, 1.54) is 0 Å². The maximum Gasteiger partial charge on any atom is 0.265 e. The fourth-order valence-corrected chi connectivity index (χ4v) is 2.70. The topological polar surface area (TPSA) is 47.6 Å². The van der Waals surface area contributed by atoms with Gasteiger partial charge in [-0.05, 0) is 49.2 Å². The molecule has 3 aromatic carbocycles. The molecule has 4 heteroatoms. The predicted molar refractivity (Wildman–Crippen MR) is 108 cm³/mol. The molecule has 3 rings (SSSR count). The zero-order valence-corrected chi connectivity index (χ0v) is 15.5. The number of rotatable bonds is 7. The molecule has 0 fully saturated rings. The number of ether oxygens (including phenoxy) is 2. The van der Waals surface area contributed by atoms with Crippen LogP contribution in [0.25, 0.3) is 11.1 Å². The third-order valence-electron chi connectivity index (χ3n) is 4.09. The Hall–Kier alpha value is -3.27. The van der Waals surface area contributed by atoms with Gasteiger partial charge in [-0.3, -0.25) is 4.79 Å². The van der Waals surface area contributed by atoms with Gasteiger partial charge in [-0.15, -0.1) is 0 Å². The van der Waals surface area contributed by atoms with E-state index in [9.17, 15) is 4.79 Å². The second kappa shape index (κ2) is 8.90. The lowest BCUT2D eigenvalue weighted by Crippen LogP contribution is -2.30. The highest BCUT2D eigenvalue weighted by Crippen LogP contribution is 2.25. The fraction of sp³-hybridized carbons (Fsp3) is 0.174. The third-order valence-corrected chi connectivity index (χ3v) is 4.09. The van der Waals surface area contributed by atoms with Crippen LogP contribution in [0.3, 0.4) is 0 Å². The molecule has 0 bridgehead atoms. The Morgan fingerprint density at radius 1 is 0.889 bits per heavy atom. The van der Waals surface area contributed by atoms with Gasteiger partial charge < -0.3 is 14.8 Å². The molecule has 27 heavy (non-hydrogen) atoms. The molecule has 0 aliphatic rings. The largest absolute Gasteiger partial charge is 0.492 e. The molecule has 0 saturated heterocycles. The van der Waals surface area contributed by atoms with Crippen molar-refractivity contribution in [3.05, 3.63) is 78.9 Å². The first-order chi connectivity index (χ1) is 13.2. The van der Waals surface area contributed by atoms with E-state index in [4.69, 9.17) is 9.47 Å².